The molecule has 222 valence electrons. The zero-order valence-electron chi connectivity index (χ0n) is 25.2. The number of aliphatic hydroxyl groups is 1. The number of carbonyl (C=O) groups is 1. The Labute approximate surface area is 258 Å². The van der Waals surface area contributed by atoms with E-state index in [1.807, 2.05) is 40.6 Å². The fourth-order valence-corrected chi connectivity index (χ4v) is 6.90. The lowest BCUT2D eigenvalue weighted by Gasteiger charge is -2.41. The Bertz CT molecular complexity index is 1470. The molecule has 6 nitrogen and oxygen atoms in total. The summed E-state index contributed by atoms with van der Waals surface area (Å²) in [5.74, 6) is 0.291. The van der Waals surface area contributed by atoms with Crippen LogP contribution in [0.5, 0.6) is 0 Å². The maximum Gasteiger partial charge on any atom is 0.255 e. The number of aryl methyl sites for hydroxylation is 2. The lowest BCUT2D eigenvalue weighted by atomic mass is 9.91. The Morgan fingerprint density at radius 2 is 1.83 bits per heavy atom. The molecule has 2 aliphatic heterocycles. The molecule has 1 fully saturated rings. The van der Waals surface area contributed by atoms with Crippen LogP contribution < -0.4 is 10.2 Å². The molecule has 1 amide bonds. The number of aromatic nitrogens is 1. The van der Waals surface area contributed by atoms with Gasteiger partial charge in [0.05, 0.1) is 11.3 Å². The summed E-state index contributed by atoms with van der Waals surface area (Å²) in [6.07, 6.45) is 3.23. The summed E-state index contributed by atoms with van der Waals surface area (Å²) in [5, 5.41) is 19.1. The van der Waals surface area contributed by atoms with Crippen LogP contribution in [0.25, 0.3) is 16.8 Å². The SMILES string of the molecule is CCc1cccc(CC)c1N1C(CC(C)C)=C(C(=O)N2CCN[C@@H](C)C2)C=C(c2nc(-c3ccc(Cl)cc3)cs2)C1O. The third-order valence-electron chi connectivity index (χ3n) is 8.01. The molecule has 3 heterocycles. The summed E-state index contributed by atoms with van der Waals surface area (Å²) < 4.78 is 0. The van der Waals surface area contributed by atoms with E-state index in [0.29, 0.717) is 40.7 Å². The summed E-state index contributed by atoms with van der Waals surface area (Å²) in [6, 6.07) is 14.2. The summed E-state index contributed by atoms with van der Waals surface area (Å²) in [4.78, 5) is 23.3. The van der Waals surface area contributed by atoms with Crippen molar-refractivity contribution in [2.75, 3.05) is 24.5 Å². The molecule has 0 aliphatic carbocycles. The van der Waals surface area contributed by atoms with Crippen molar-refractivity contribution in [1.82, 2.24) is 15.2 Å². The standard InChI is InChI=1S/C34H41ClN4O2S/c1-6-23-9-8-10-24(7-2)31(23)39-30(17-21(3)4)27(33(40)38-16-15-36-22(5)19-38)18-28(34(39)41)32-37-29(20-42-32)25-11-13-26(35)14-12-25/h8-14,18,20-22,34,36,41H,6-7,15-17,19H2,1-5H3/t22-,34?/m0/s1. The van der Waals surface area contributed by atoms with Crippen molar-refractivity contribution in [1.29, 1.82) is 0 Å². The highest BCUT2D eigenvalue weighted by Crippen LogP contribution is 2.42. The Kier molecular flexibility index (Phi) is 9.53. The van der Waals surface area contributed by atoms with E-state index in [-0.39, 0.29) is 17.9 Å². The van der Waals surface area contributed by atoms with Crippen LogP contribution in [0.15, 0.2) is 65.2 Å². The second-order valence-corrected chi connectivity index (χ2v) is 12.9. The minimum atomic E-state index is -0.987. The molecule has 3 aromatic rings. The van der Waals surface area contributed by atoms with Gasteiger partial charge in [0, 0.05) is 58.6 Å². The minimum Gasteiger partial charge on any atom is -0.369 e. The van der Waals surface area contributed by atoms with Crippen LogP contribution in [-0.2, 0) is 17.6 Å². The smallest absolute Gasteiger partial charge is 0.255 e. The zero-order chi connectivity index (χ0) is 30.0. The number of allylic oxidation sites excluding steroid dienone is 1. The number of piperazine rings is 1. The highest BCUT2D eigenvalue weighted by molar-refractivity contribution is 7.11. The first-order chi connectivity index (χ1) is 20.2. The van der Waals surface area contributed by atoms with Crippen LogP contribution in [0.4, 0.5) is 5.69 Å². The van der Waals surface area contributed by atoms with Gasteiger partial charge in [0.2, 0.25) is 0 Å². The van der Waals surface area contributed by atoms with Crippen LogP contribution >= 0.6 is 22.9 Å². The fourth-order valence-electron chi connectivity index (χ4n) is 5.91. The molecular weight excluding hydrogens is 564 g/mol. The molecule has 42 heavy (non-hydrogen) atoms. The van der Waals surface area contributed by atoms with Crippen LogP contribution in [0.1, 0.15) is 57.2 Å². The molecule has 1 aromatic heterocycles. The average molecular weight is 605 g/mol. The number of nitrogens with zero attached hydrogens (tertiary/aromatic N) is 3. The van der Waals surface area contributed by atoms with E-state index >= 15 is 0 Å². The maximum atomic E-state index is 14.4. The van der Waals surface area contributed by atoms with Crippen LogP contribution in [0, 0.1) is 5.92 Å². The molecule has 2 atom stereocenters. The van der Waals surface area contributed by atoms with Gasteiger partial charge in [-0.15, -0.1) is 11.3 Å². The maximum absolute atomic E-state index is 14.4. The van der Waals surface area contributed by atoms with E-state index in [1.165, 1.54) is 11.3 Å². The van der Waals surface area contributed by atoms with Gasteiger partial charge in [-0.1, -0.05) is 69.6 Å². The van der Waals surface area contributed by atoms with Crippen molar-refractivity contribution in [3.63, 3.8) is 0 Å². The Balaban J connectivity index is 1.71. The molecule has 2 aliphatic rings. The predicted molar refractivity (Wildman–Crippen MR) is 175 cm³/mol. The van der Waals surface area contributed by atoms with Gasteiger partial charge in [-0.25, -0.2) is 4.98 Å². The molecule has 8 heteroatoms. The number of hydrogen-bond donors (Lipinski definition) is 2. The van der Waals surface area contributed by atoms with Gasteiger partial charge in [-0.2, -0.15) is 0 Å². The zero-order valence-corrected chi connectivity index (χ0v) is 26.7. The number of nitrogens with one attached hydrogen (secondary N) is 1. The molecule has 5 rings (SSSR count). The first-order valence-electron chi connectivity index (χ1n) is 15.0. The van der Waals surface area contributed by atoms with E-state index in [1.54, 1.807) is 0 Å². The number of aliphatic hydroxyl groups excluding tert-OH is 1. The number of carbonyl (C=O) groups excluding carboxylic acids is 1. The molecular formula is C34H41ClN4O2S. The summed E-state index contributed by atoms with van der Waals surface area (Å²) in [5.41, 5.74) is 7.25. The minimum absolute atomic E-state index is 0.00917. The third kappa shape index (κ3) is 6.20. The van der Waals surface area contributed by atoms with E-state index in [4.69, 9.17) is 16.6 Å². The molecule has 0 radical (unpaired) electrons. The van der Waals surface area contributed by atoms with Crippen molar-refractivity contribution in [3.8, 4) is 11.3 Å². The van der Waals surface area contributed by atoms with Crippen molar-refractivity contribution >= 4 is 40.1 Å². The van der Waals surface area contributed by atoms with E-state index < -0.39 is 6.23 Å². The van der Waals surface area contributed by atoms with Gasteiger partial charge in [0.1, 0.15) is 5.01 Å². The van der Waals surface area contributed by atoms with E-state index in [0.717, 1.165) is 53.2 Å². The molecule has 1 saturated heterocycles. The number of benzene rings is 2. The number of halogens is 1. The van der Waals surface area contributed by atoms with Gasteiger partial charge in [0.15, 0.2) is 6.23 Å². The number of para-hydroxylation sites is 1. The first-order valence-corrected chi connectivity index (χ1v) is 16.2. The molecule has 2 N–H and O–H groups in total. The van der Waals surface area contributed by atoms with Crippen LogP contribution in [-0.4, -0.2) is 52.8 Å². The normalized spacial score (nSPS) is 19.5. The second kappa shape index (κ2) is 13.1. The third-order valence-corrected chi connectivity index (χ3v) is 9.15. The Hall–Kier alpha value is -2.97. The fraction of sp³-hybridized carbons (Fsp3) is 0.412. The monoisotopic (exact) mass is 604 g/mol. The number of amides is 1. The first kappa shape index (κ1) is 30.5. The number of hydrogen-bond acceptors (Lipinski definition) is 6. The quantitative estimate of drug-likeness (QED) is 0.292. The predicted octanol–water partition coefficient (Wildman–Crippen LogP) is 6.93. The van der Waals surface area contributed by atoms with Crippen LogP contribution in [0.2, 0.25) is 5.02 Å². The van der Waals surface area contributed by atoms with Gasteiger partial charge >= 0.3 is 0 Å². The Morgan fingerprint density at radius 3 is 2.45 bits per heavy atom. The summed E-state index contributed by atoms with van der Waals surface area (Å²) in [7, 11) is 0. The van der Waals surface area contributed by atoms with E-state index in [9.17, 15) is 9.90 Å². The molecule has 2 aromatic carbocycles. The topological polar surface area (TPSA) is 68.7 Å². The lowest BCUT2D eigenvalue weighted by molar-refractivity contribution is -0.128. The molecule has 0 saturated carbocycles. The van der Waals surface area contributed by atoms with Crippen molar-refractivity contribution in [2.24, 2.45) is 5.92 Å². The van der Waals surface area contributed by atoms with Crippen molar-refractivity contribution in [2.45, 2.75) is 66.2 Å². The average Bonchev–Trinajstić information content (AvgIpc) is 3.47. The molecule has 0 spiro atoms. The van der Waals surface area contributed by atoms with E-state index in [2.05, 4.69) is 63.0 Å². The van der Waals surface area contributed by atoms with Gasteiger partial charge in [0.25, 0.3) is 5.91 Å². The van der Waals surface area contributed by atoms with Crippen LogP contribution in [0.3, 0.4) is 0 Å². The summed E-state index contributed by atoms with van der Waals surface area (Å²) in [6.45, 7) is 12.8. The molecule has 1 unspecified atom stereocenters. The number of thiazole rings is 1. The van der Waals surface area contributed by atoms with Gasteiger partial charge < -0.3 is 20.2 Å². The second-order valence-electron chi connectivity index (χ2n) is 11.6. The molecule has 0 bridgehead atoms. The number of anilines is 1. The highest BCUT2D eigenvalue weighted by atomic mass is 35.5. The van der Waals surface area contributed by atoms with Gasteiger partial charge in [-0.05, 0) is 61.4 Å². The lowest BCUT2D eigenvalue weighted by Crippen LogP contribution is -2.52. The Morgan fingerprint density at radius 1 is 1.14 bits per heavy atom. The number of rotatable bonds is 8. The largest absolute Gasteiger partial charge is 0.369 e. The van der Waals surface area contributed by atoms with Gasteiger partial charge in [-0.3, -0.25) is 4.79 Å². The highest BCUT2D eigenvalue weighted by Gasteiger charge is 2.37. The van der Waals surface area contributed by atoms with Crippen molar-refractivity contribution < 1.29 is 9.90 Å². The van der Waals surface area contributed by atoms with Crippen molar-refractivity contribution in [3.05, 3.63) is 86.3 Å². The summed E-state index contributed by atoms with van der Waals surface area (Å²) >= 11 is 7.61.